The zero-order valence-corrected chi connectivity index (χ0v) is 17.1. The maximum atomic E-state index is 13.2. The number of thiophene rings is 1. The summed E-state index contributed by atoms with van der Waals surface area (Å²) in [4.78, 5) is 44.2. The number of rotatable bonds is 5. The van der Waals surface area contributed by atoms with Crippen LogP contribution in [0.1, 0.15) is 15.2 Å². The van der Waals surface area contributed by atoms with Crippen molar-refractivity contribution in [3.8, 4) is 11.5 Å². The van der Waals surface area contributed by atoms with E-state index >= 15 is 0 Å². The van der Waals surface area contributed by atoms with Gasteiger partial charge in [0, 0.05) is 16.6 Å². The Morgan fingerprint density at radius 1 is 1.03 bits per heavy atom. The number of nitrogens with zero attached hydrogens (tertiary/aromatic N) is 3. The second-order valence-corrected chi connectivity index (χ2v) is 8.02. The van der Waals surface area contributed by atoms with Crippen molar-refractivity contribution >= 4 is 28.2 Å². The fourth-order valence-electron chi connectivity index (χ4n) is 3.55. The van der Waals surface area contributed by atoms with E-state index in [2.05, 4.69) is 4.98 Å². The van der Waals surface area contributed by atoms with Crippen molar-refractivity contribution in [3.05, 3.63) is 85.3 Å². The lowest BCUT2D eigenvalue weighted by molar-refractivity contribution is 0.0970. The van der Waals surface area contributed by atoms with Crippen molar-refractivity contribution < 1.29 is 14.3 Å². The Morgan fingerprint density at radius 3 is 2.68 bits per heavy atom. The van der Waals surface area contributed by atoms with Crippen LogP contribution in [0.15, 0.2) is 63.6 Å². The Kier molecular flexibility index (Phi) is 4.87. The van der Waals surface area contributed by atoms with Gasteiger partial charge in [-0.05, 0) is 41.8 Å². The second-order valence-electron chi connectivity index (χ2n) is 6.99. The Morgan fingerprint density at radius 2 is 1.87 bits per heavy atom. The van der Waals surface area contributed by atoms with E-state index < -0.39 is 11.2 Å². The summed E-state index contributed by atoms with van der Waals surface area (Å²) in [7, 11) is 0. The van der Waals surface area contributed by atoms with Gasteiger partial charge in [0.2, 0.25) is 0 Å². The molecule has 0 spiro atoms. The zero-order valence-electron chi connectivity index (χ0n) is 16.3. The summed E-state index contributed by atoms with van der Waals surface area (Å²) in [5, 5.41) is 1.88. The van der Waals surface area contributed by atoms with Crippen LogP contribution in [-0.2, 0) is 13.1 Å². The number of benzene rings is 1. The molecule has 5 rings (SSSR count). The number of hydrogen-bond acceptors (Lipinski definition) is 7. The lowest BCUT2D eigenvalue weighted by Crippen LogP contribution is -2.41. The zero-order chi connectivity index (χ0) is 21.4. The van der Waals surface area contributed by atoms with E-state index in [-0.39, 0.29) is 24.4 Å². The third-order valence-corrected chi connectivity index (χ3v) is 5.91. The van der Waals surface area contributed by atoms with E-state index in [9.17, 15) is 14.4 Å². The molecule has 1 aromatic carbocycles. The van der Waals surface area contributed by atoms with Crippen LogP contribution < -0.4 is 20.7 Å². The van der Waals surface area contributed by atoms with Gasteiger partial charge in [-0.25, -0.2) is 9.78 Å². The Bertz CT molecular complexity index is 1410. The average Bonchev–Trinajstić information content (AvgIpc) is 3.32. The van der Waals surface area contributed by atoms with E-state index in [1.54, 1.807) is 30.3 Å². The van der Waals surface area contributed by atoms with Crippen LogP contribution in [0.25, 0.3) is 11.0 Å². The molecule has 156 valence electrons. The van der Waals surface area contributed by atoms with Gasteiger partial charge in [0.15, 0.2) is 22.8 Å². The largest absolute Gasteiger partial charge is 0.486 e. The molecule has 31 heavy (non-hydrogen) atoms. The van der Waals surface area contributed by atoms with Crippen molar-refractivity contribution in [2.75, 3.05) is 13.2 Å². The third-order valence-electron chi connectivity index (χ3n) is 5.05. The average molecular weight is 435 g/mol. The molecule has 0 fully saturated rings. The van der Waals surface area contributed by atoms with Crippen LogP contribution >= 0.6 is 11.3 Å². The van der Waals surface area contributed by atoms with E-state index in [1.807, 2.05) is 17.5 Å². The Labute approximate surface area is 179 Å². The monoisotopic (exact) mass is 435 g/mol. The quantitative estimate of drug-likeness (QED) is 0.447. The highest BCUT2D eigenvalue weighted by Gasteiger charge is 2.19. The summed E-state index contributed by atoms with van der Waals surface area (Å²) in [5.74, 6) is 0.795. The minimum atomic E-state index is -0.551. The van der Waals surface area contributed by atoms with Crippen molar-refractivity contribution in [2.45, 2.75) is 13.1 Å². The smallest absolute Gasteiger partial charge is 0.332 e. The maximum Gasteiger partial charge on any atom is 0.332 e. The third kappa shape index (κ3) is 3.53. The summed E-state index contributed by atoms with van der Waals surface area (Å²) in [6.07, 6.45) is 1.50. The van der Waals surface area contributed by atoms with Crippen LogP contribution in [0, 0.1) is 0 Å². The topological polar surface area (TPSA) is 92.4 Å². The molecular formula is C22H17N3O5S. The van der Waals surface area contributed by atoms with E-state index in [0.29, 0.717) is 35.8 Å². The van der Waals surface area contributed by atoms with Crippen molar-refractivity contribution in [3.63, 3.8) is 0 Å². The van der Waals surface area contributed by atoms with Gasteiger partial charge in [0.05, 0.1) is 18.6 Å². The van der Waals surface area contributed by atoms with Gasteiger partial charge in [-0.15, -0.1) is 11.3 Å². The van der Waals surface area contributed by atoms with Gasteiger partial charge >= 0.3 is 5.69 Å². The molecule has 8 nitrogen and oxygen atoms in total. The van der Waals surface area contributed by atoms with Crippen molar-refractivity contribution in [1.29, 1.82) is 0 Å². The molecule has 3 aromatic heterocycles. The highest BCUT2D eigenvalue weighted by Crippen LogP contribution is 2.31. The molecule has 0 amide bonds. The molecule has 0 N–H and O–H groups in total. The van der Waals surface area contributed by atoms with Crippen LogP contribution in [0.3, 0.4) is 0 Å². The summed E-state index contributed by atoms with van der Waals surface area (Å²) >= 11 is 1.45. The first-order valence-electron chi connectivity index (χ1n) is 9.65. The molecule has 1 aliphatic heterocycles. The van der Waals surface area contributed by atoms with Crippen LogP contribution in [0.2, 0.25) is 0 Å². The molecule has 0 atom stereocenters. The first-order valence-corrected chi connectivity index (χ1v) is 10.5. The summed E-state index contributed by atoms with van der Waals surface area (Å²) < 4.78 is 13.5. The highest BCUT2D eigenvalue weighted by molar-refractivity contribution is 7.09. The summed E-state index contributed by atoms with van der Waals surface area (Å²) in [6, 6.07) is 11.9. The van der Waals surface area contributed by atoms with Gasteiger partial charge in [-0.1, -0.05) is 6.07 Å². The fraction of sp³-hybridized carbons (Fsp3) is 0.182. The maximum absolute atomic E-state index is 13.2. The minimum absolute atomic E-state index is 0.125. The number of hydrogen-bond donors (Lipinski definition) is 0. The first kappa shape index (κ1) is 19.3. The van der Waals surface area contributed by atoms with Gasteiger partial charge in [0.25, 0.3) is 5.56 Å². The summed E-state index contributed by atoms with van der Waals surface area (Å²) in [5.41, 5.74) is -0.162. The number of fused-ring (bicyclic) bond motifs is 2. The predicted octanol–water partition coefficient (Wildman–Crippen LogP) is 2.32. The molecule has 4 heterocycles. The van der Waals surface area contributed by atoms with Gasteiger partial charge in [0.1, 0.15) is 13.2 Å². The molecule has 0 radical (unpaired) electrons. The Hall–Kier alpha value is -3.72. The fourth-order valence-corrected chi connectivity index (χ4v) is 4.24. The molecule has 4 aromatic rings. The SMILES string of the molecule is O=C(Cn1c(=O)n(Cc2cccs2)c(=O)c2ncccc21)c1ccc2c(c1)OCCO2. The molecule has 0 saturated heterocycles. The number of ketones is 1. The number of carbonyl (C=O) groups excluding carboxylic acids is 1. The number of ether oxygens (including phenoxy) is 2. The lowest BCUT2D eigenvalue weighted by atomic mass is 10.1. The van der Waals surface area contributed by atoms with E-state index in [0.717, 1.165) is 9.44 Å². The molecular weight excluding hydrogens is 418 g/mol. The van der Waals surface area contributed by atoms with Crippen LogP contribution in [-0.4, -0.2) is 33.1 Å². The summed E-state index contributed by atoms with van der Waals surface area (Å²) in [6.45, 7) is 0.764. The van der Waals surface area contributed by atoms with Gasteiger partial charge < -0.3 is 9.47 Å². The standard InChI is InChI=1S/C22H17N3O5S/c26-17(14-5-6-18-19(11-14)30-9-8-29-18)13-24-16-4-1-7-23-20(16)21(27)25(22(24)28)12-15-3-2-10-31-15/h1-7,10-11H,8-9,12-13H2. The molecule has 9 heteroatoms. The van der Waals surface area contributed by atoms with Crippen LogP contribution in [0.4, 0.5) is 0 Å². The van der Waals surface area contributed by atoms with Crippen LogP contribution in [0.5, 0.6) is 11.5 Å². The number of carbonyl (C=O) groups is 1. The lowest BCUT2D eigenvalue weighted by Gasteiger charge is -2.19. The predicted molar refractivity (Wildman–Crippen MR) is 115 cm³/mol. The van der Waals surface area contributed by atoms with Gasteiger partial charge in [-0.2, -0.15) is 0 Å². The molecule has 0 aliphatic carbocycles. The van der Waals surface area contributed by atoms with E-state index in [4.69, 9.17) is 9.47 Å². The molecule has 0 saturated carbocycles. The number of pyridine rings is 1. The normalized spacial score (nSPS) is 12.8. The molecule has 0 bridgehead atoms. The minimum Gasteiger partial charge on any atom is -0.486 e. The number of Topliss-reactive ketones (excluding diaryl/α,β-unsaturated/α-hetero) is 1. The molecule has 0 unspecified atom stereocenters. The van der Waals surface area contributed by atoms with E-state index in [1.165, 1.54) is 22.1 Å². The number of aromatic nitrogens is 3. The van der Waals surface area contributed by atoms with Crippen molar-refractivity contribution in [2.24, 2.45) is 0 Å². The van der Waals surface area contributed by atoms with Gasteiger partial charge in [-0.3, -0.25) is 18.7 Å². The highest BCUT2D eigenvalue weighted by atomic mass is 32.1. The Balaban J connectivity index is 1.58. The first-order chi connectivity index (χ1) is 15.1. The second kappa shape index (κ2) is 7.84. The molecule has 1 aliphatic rings. The van der Waals surface area contributed by atoms with Crippen molar-refractivity contribution in [1.82, 2.24) is 14.1 Å².